The summed E-state index contributed by atoms with van der Waals surface area (Å²) in [6.07, 6.45) is 1.49. The zero-order chi connectivity index (χ0) is 16.1. The molecule has 114 valence electrons. The van der Waals surface area contributed by atoms with Crippen molar-refractivity contribution in [3.8, 4) is 11.5 Å². The van der Waals surface area contributed by atoms with Crippen LogP contribution in [0.4, 0.5) is 0 Å². The summed E-state index contributed by atoms with van der Waals surface area (Å²) in [7, 11) is 1.47. The second-order valence-electron chi connectivity index (χ2n) is 4.93. The molecule has 0 aliphatic carbocycles. The number of phenols is 1. The Balaban J connectivity index is 2.05. The van der Waals surface area contributed by atoms with Crippen molar-refractivity contribution in [2.75, 3.05) is 7.11 Å². The molecule has 0 aliphatic heterocycles. The highest BCUT2D eigenvalue weighted by Crippen LogP contribution is 2.25. The van der Waals surface area contributed by atoms with E-state index in [0.29, 0.717) is 16.9 Å². The molecule has 5 nitrogen and oxygen atoms in total. The first kappa shape index (κ1) is 15.6. The van der Waals surface area contributed by atoms with Gasteiger partial charge in [-0.15, -0.1) is 0 Å². The van der Waals surface area contributed by atoms with Gasteiger partial charge in [0, 0.05) is 5.56 Å². The standard InChI is InChI=1S/C17H18N2O3/c1-11-4-6-14(8-12(11)2)17(21)19-18-10-13-5-7-15(20)16(9-13)22-3/h4-10,20H,1-3H3,(H,19,21)/b18-10+. The van der Waals surface area contributed by atoms with Gasteiger partial charge in [-0.05, 0) is 60.9 Å². The minimum atomic E-state index is -0.273. The highest BCUT2D eigenvalue weighted by atomic mass is 16.5. The van der Waals surface area contributed by atoms with E-state index < -0.39 is 0 Å². The van der Waals surface area contributed by atoms with Crippen LogP contribution in [-0.4, -0.2) is 24.3 Å². The molecule has 5 heteroatoms. The summed E-state index contributed by atoms with van der Waals surface area (Å²) < 4.78 is 5.01. The van der Waals surface area contributed by atoms with Gasteiger partial charge < -0.3 is 9.84 Å². The van der Waals surface area contributed by atoms with Gasteiger partial charge in [-0.3, -0.25) is 4.79 Å². The average Bonchev–Trinajstić information content (AvgIpc) is 2.51. The molecule has 0 unspecified atom stereocenters. The minimum Gasteiger partial charge on any atom is -0.504 e. The molecular formula is C17H18N2O3. The first-order chi connectivity index (χ1) is 10.5. The molecule has 0 aromatic heterocycles. The van der Waals surface area contributed by atoms with E-state index in [1.807, 2.05) is 26.0 Å². The van der Waals surface area contributed by atoms with Gasteiger partial charge in [0.2, 0.25) is 0 Å². The predicted octanol–water partition coefficient (Wildman–Crippen LogP) is 2.78. The predicted molar refractivity (Wildman–Crippen MR) is 85.6 cm³/mol. The van der Waals surface area contributed by atoms with Crippen LogP contribution < -0.4 is 10.2 Å². The van der Waals surface area contributed by atoms with Crippen LogP contribution in [0, 0.1) is 13.8 Å². The maximum atomic E-state index is 12.0. The summed E-state index contributed by atoms with van der Waals surface area (Å²) in [4.78, 5) is 12.0. The third kappa shape index (κ3) is 3.63. The van der Waals surface area contributed by atoms with Gasteiger partial charge in [0.25, 0.3) is 5.91 Å². The van der Waals surface area contributed by atoms with E-state index in [0.717, 1.165) is 11.1 Å². The Kier molecular flexibility index (Phi) is 4.78. The normalized spacial score (nSPS) is 10.7. The lowest BCUT2D eigenvalue weighted by Crippen LogP contribution is -2.17. The molecule has 2 aromatic carbocycles. The van der Waals surface area contributed by atoms with Crippen LogP contribution >= 0.6 is 0 Å². The third-order valence-corrected chi connectivity index (χ3v) is 3.35. The highest BCUT2D eigenvalue weighted by Gasteiger charge is 2.05. The Morgan fingerprint density at radius 3 is 2.64 bits per heavy atom. The van der Waals surface area contributed by atoms with Gasteiger partial charge in [0.15, 0.2) is 11.5 Å². The quantitative estimate of drug-likeness (QED) is 0.673. The minimum absolute atomic E-state index is 0.0545. The van der Waals surface area contributed by atoms with Crippen molar-refractivity contribution in [1.82, 2.24) is 5.43 Å². The fraction of sp³-hybridized carbons (Fsp3) is 0.176. The smallest absolute Gasteiger partial charge is 0.271 e. The van der Waals surface area contributed by atoms with Gasteiger partial charge in [-0.25, -0.2) is 5.43 Å². The SMILES string of the molecule is COc1cc(/C=N/NC(=O)c2ccc(C)c(C)c2)ccc1O. The van der Waals surface area contributed by atoms with Gasteiger partial charge in [0.1, 0.15) is 0 Å². The number of carbonyl (C=O) groups is 1. The van der Waals surface area contributed by atoms with E-state index in [-0.39, 0.29) is 11.7 Å². The number of nitrogens with zero attached hydrogens (tertiary/aromatic N) is 1. The molecule has 0 fully saturated rings. The molecule has 0 saturated heterocycles. The summed E-state index contributed by atoms with van der Waals surface area (Å²) in [6.45, 7) is 3.95. The Morgan fingerprint density at radius 2 is 1.95 bits per heavy atom. The lowest BCUT2D eigenvalue weighted by Gasteiger charge is -2.04. The van der Waals surface area contributed by atoms with Crippen LogP contribution in [0.3, 0.4) is 0 Å². The summed E-state index contributed by atoms with van der Waals surface area (Å²) >= 11 is 0. The Bertz CT molecular complexity index is 724. The number of carbonyl (C=O) groups excluding carboxylic acids is 1. The third-order valence-electron chi connectivity index (χ3n) is 3.35. The molecule has 0 bridgehead atoms. The number of ether oxygens (including phenoxy) is 1. The summed E-state index contributed by atoms with van der Waals surface area (Å²) in [6, 6.07) is 10.3. The first-order valence-electron chi connectivity index (χ1n) is 6.79. The maximum Gasteiger partial charge on any atom is 0.271 e. The number of phenolic OH excluding ortho intramolecular Hbond substituents is 1. The van der Waals surface area contributed by atoms with E-state index in [1.54, 1.807) is 18.2 Å². The van der Waals surface area contributed by atoms with Gasteiger partial charge in [-0.1, -0.05) is 6.07 Å². The van der Waals surface area contributed by atoms with Crippen molar-refractivity contribution in [1.29, 1.82) is 0 Å². The van der Waals surface area contributed by atoms with Crippen molar-refractivity contribution < 1.29 is 14.6 Å². The molecule has 0 radical (unpaired) electrons. The van der Waals surface area contributed by atoms with Gasteiger partial charge >= 0.3 is 0 Å². The summed E-state index contributed by atoms with van der Waals surface area (Å²) in [5, 5.41) is 13.4. The van der Waals surface area contributed by atoms with Crippen LogP contribution in [0.2, 0.25) is 0 Å². The van der Waals surface area contributed by atoms with Crippen molar-refractivity contribution in [3.05, 3.63) is 58.7 Å². The molecule has 0 spiro atoms. The number of amides is 1. The fourth-order valence-electron chi connectivity index (χ4n) is 1.89. The molecule has 2 N–H and O–H groups in total. The Morgan fingerprint density at radius 1 is 1.18 bits per heavy atom. The number of aryl methyl sites for hydroxylation is 2. The fourth-order valence-corrected chi connectivity index (χ4v) is 1.89. The van der Waals surface area contributed by atoms with Crippen molar-refractivity contribution in [2.45, 2.75) is 13.8 Å². The maximum absolute atomic E-state index is 12.0. The van der Waals surface area contributed by atoms with Crippen LogP contribution in [-0.2, 0) is 0 Å². The highest BCUT2D eigenvalue weighted by molar-refractivity contribution is 5.95. The number of benzene rings is 2. The van der Waals surface area contributed by atoms with Crippen LogP contribution in [0.15, 0.2) is 41.5 Å². The Hall–Kier alpha value is -2.82. The lowest BCUT2D eigenvalue weighted by atomic mass is 10.1. The van der Waals surface area contributed by atoms with Crippen LogP contribution in [0.25, 0.3) is 0 Å². The second kappa shape index (κ2) is 6.76. The summed E-state index contributed by atoms with van der Waals surface area (Å²) in [5.41, 5.74) is 5.93. The van der Waals surface area contributed by atoms with Crippen molar-refractivity contribution in [3.63, 3.8) is 0 Å². The van der Waals surface area contributed by atoms with Crippen molar-refractivity contribution in [2.24, 2.45) is 5.10 Å². The molecular weight excluding hydrogens is 280 g/mol. The summed E-state index contributed by atoms with van der Waals surface area (Å²) in [5.74, 6) is 0.133. The van der Waals surface area contributed by atoms with E-state index in [1.165, 1.54) is 19.4 Å². The molecule has 0 atom stereocenters. The monoisotopic (exact) mass is 298 g/mol. The molecule has 1 amide bonds. The van der Waals surface area contributed by atoms with Gasteiger partial charge in [-0.2, -0.15) is 5.10 Å². The molecule has 0 aliphatic rings. The topological polar surface area (TPSA) is 70.9 Å². The number of methoxy groups -OCH3 is 1. The van der Waals surface area contributed by atoms with Crippen LogP contribution in [0.1, 0.15) is 27.0 Å². The molecule has 0 heterocycles. The van der Waals surface area contributed by atoms with Crippen LogP contribution in [0.5, 0.6) is 11.5 Å². The van der Waals surface area contributed by atoms with E-state index in [2.05, 4.69) is 10.5 Å². The zero-order valence-corrected chi connectivity index (χ0v) is 12.8. The number of hydrogen-bond acceptors (Lipinski definition) is 4. The number of aromatic hydroxyl groups is 1. The zero-order valence-electron chi connectivity index (χ0n) is 12.8. The number of nitrogens with one attached hydrogen (secondary N) is 1. The molecule has 2 aromatic rings. The number of rotatable bonds is 4. The van der Waals surface area contributed by atoms with Crippen molar-refractivity contribution >= 4 is 12.1 Å². The van der Waals surface area contributed by atoms with E-state index in [4.69, 9.17) is 4.74 Å². The second-order valence-corrected chi connectivity index (χ2v) is 4.93. The Labute approximate surface area is 129 Å². The first-order valence-corrected chi connectivity index (χ1v) is 6.79. The van der Waals surface area contributed by atoms with Gasteiger partial charge in [0.05, 0.1) is 13.3 Å². The molecule has 0 saturated carbocycles. The molecule has 2 rings (SSSR count). The number of hydrazone groups is 1. The lowest BCUT2D eigenvalue weighted by molar-refractivity contribution is 0.0955. The largest absolute Gasteiger partial charge is 0.504 e. The molecule has 22 heavy (non-hydrogen) atoms. The van der Waals surface area contributed by atoms with E-state index in [9.17, 15) is 9.90 Å². The average molecular weight is 298 g/mol. The van der Waals surface area contributed by atoms with E-state index >= 15 is 0 Å². The number of hydrogen-bond donors (Lipinski definition) is 2.